The van der Waals surface area contributed by atoms with Gasteiger partial charge in [-0.05, 0) is 32.6 Å². The molecule has 0 aliphatic carbocycles. The van der Waals surface area contributed by atoms with Crippen molar-refractivity contribution in [3.8, 4) is 6.07 Å². The van der Waals surface area contributed by atoms with Crippen LogP contribution in [0.4, 0.5) is 0 Å². The molecule has 0 aromatic rings. The third-order valence-electron chi connectivity index (χ3n) is 3.21. The number of carbonyl (C=O) groups is 1. The van der Waals surface area contributed by atoms with Gasteiger partial charge in [-0.15, -0.1) is 0 Å². The zero-order chi connectivity index (χ0) is 12.7. The molecule has 1 rings (SSSR count). The Balaban J connectivity index is 2.73. The number of likely N-dealkylation sites (tertiary alicyclic amines) is 1. The van der Waals surface area contributed by atoms with Crippen LogP contribution >= 0.6 is 0 Å². The molecular weight excluding hydrogens is 216 g/mol. The first kappa shape index (κ1) is 14.0. The number of hydrogen-bond donors (Lipinski definition) is 0. The third kappa shape index (κ3) is 3.71. The predicted molar refractivity (Wildman–Crippen MR) is 65.3 cm³/mol. The van der Waals surface area contributed by atoms with E-state index in [4.69, 9.17) is 10.00 Å². The van der Waals surface area contributed by atoms with Gasteiger partial charge in [-0.3, -0.25) is 9.69 Å². The molecule has 96 valence electrons. The maximum Gasteiger partial charge on any atom is 0.323 e. The van der Waals surface area contributed by atoms with E-state index >= 15 is 0 Å². The van der Waals surface area contributed by atoms with Crippen molar-refractivity contribution in [3.05, 3.63) is 0 Å². The number of carbonyl (C=O) groups excluding carboxylic acids is 1. The molecule has 0 spiro atoms. The van der Waals surface area contributed by atoms with E-state index in [1.807, 2.05) is 11.8 Å². The summed E-state index contributed by atoms with van der Waals surface area (Å²) in [6, 6.07) is 1.96. The van der Waals surface area contributed by atoms with Gasteiger partial charge in [0.25, 0.3) is 0 Å². The lowest BCUT2D eigenvalue weighted by Gasteiger charge is -2.36. The van der Waals surface area contributed by atoms with Gasteiger partial charge in [-0.2, -0.15) is 5.26 Å². The average molecular weight is 238 g/mol. The Morgan fingerprint density at radius 1 is 1.53 bits per heavy atom. The molecule has 1 heterocycles. The van der Waals surface area contributed by atoms with Gasteiger partial charge >= 0.3 is 5.97 Å². The summed E-state index contributed by atoms with van der Waals surface area (Å²) in [5.41, 5.74) is 0. The summed E-state index contributed by atoms with van der Waals surface area (Å²) in [6.07, 6.45) is 4.72. The molecule has 0 aromatic heterocycles. The molecule has 0 bridgehead atoms. The number of esters is 1. The highest BCUT2D eigenvalue weighted by Crippen LogP contribution is 2.22. The monoisotopic (exact) mass is 238 g/mol. The fourth-order valence-electron chi connectivity index (χ4n) is 2.40. The van der Waals surface area contributed by atoms with Crippen LogP contribution in [0.5, 0.6) is 0 Å². The molecular formula is C13H22N2O2. The number of piperidine rings is 1. The van der Waals surface area contributed by atoms with Gasteiger partial charge in [0.2, 0.25) is 0 Å². The lowest BCUT2D eigenvalue weighted by atomic mass is 9.99. The van der Waals surface area contributed by atoms with Crippen molar-refractivity contribution >= 4 is 5.97 Å². The van der Waals surface area contributed by atoms with Gasteiger partial charge in [0.05, 0.1) is 18.7 Å². The van der Waals surface area contributed by atoms with Gasteiger partial charge in [-0.25, -0.2) is 0 Å². The second kappa shape index (κ2) is 7.29. The molecule has 1 aliphatic rings. The highest BCUT2D eigenvalue weighted by atomic mass is 16.5. The van der Waals surface area contributed by atoms with E-state index in [1.54, 1.807) is 0 Å². The normalized spacial score (nSPS) is 22.8. The summed E-state index contributed by atoms with van der Waals surface area (Å²) in [4.78, 5) is 14.0. The van der Waals surface area contributed by atoms with Gasteiger partial charge in [0, 0.05) is 6.54 Å². The van der Waals surface area contributed by atoms with Crippen molar-refractivity contribution in [1.29, 1.82) is 5.26 Å². The van der Waals surface area contributed by atoms with Crippen LogP contribution in [0.3, 0.4) is 0 Å². The van der Waals surface area contributed by atoms with E-state index in [-0.39, 0.29) is 18.1 Å². The van der Waals surface area contributed by atoms with Crippen LogP contribution in [0, 0.1) is 11.3 Å². The van der Waals surface area contributed by atoms with Crippen molar-refractivity contribution in [3.63, 3.8) is 0 Å². The van der Waals surface area contributed by atoms with Crippen LogP contribution in [0.25, 0.3) is 0 Å². The predicted octanol–water partition coefficient (Wildman–Crippen LogP) is 2.10. The van der Waals surface area contributed by atoms with Gasteiger partial charge in [0.15, 0.2) is 0 Å². The van der Waals surface area contributed by atoms with Gasteiger partial charge in [0.1, 0.15) is 6.04 Å². The minimum Gasteiger partial charge on any atom is -0.465 e. The molecule has 0 amide bonds. The summed E-state index contributed by atoms with van der Waals surface area (Å²) in [5.74, 6) is -0.170. The Morgan fingerprint density at radius 3 is 2.88 bits per heavy atom. The molecule has 1 aliphatic heterocycles. The second-order valence-electron chi connectivity index (χ2n) is 4.44. The summed E-state index contributed by atoms with van der Waals surface area (Å²) in [6.45, 7) is 5.11. The maximum atomic E-state index is 11.9. The minimum absolute atomic E-state index is 0.121. The topological polar surface area (TPSA) is 53.3 Å². The van der Waals surface area contributed by atoms with E-state index in [2.05, 4.69) is 13.0 Å². The highest BCUT2D eigenvalue weighted by Gasteiger charge is 2.33. The molecule has 1 fully saturated rings. The Hall–Kier alpha value is -1.08. The van der Waals surface area contributed by atoms with Crippen molar-refractivity contribution in [1.82, 2.24) is 4.90 Å². The smallest absolute Gasteiger partial charge is 0.323 e. The molecule has 4 heteroatoms. The Labute approximate surface area is 104 Å². The molecule has 4 nitrogen and oxygen atoms in total. The molecule has 2 atom stereocenters. The van der Waals surface area contributed by atoms with Crippen LogP contribution in [0.1, 0.15) is 46.0 Å². The van der Waals surface area contributed by atoms with E-state index in [9.17, 15) is 4.79 Å². The van der Waals surface area contributed by atoms with E-state index in [0.29, 0.717) is 6.61 Å². The molecule has 2 unspecified atom stereocenters. The number of nitriles is 1. The lowest BCUT2D eigenvalue weighted by molar-refractivity contribution is -0.151. The Kier molecular flexibility index (Phi) is 5.99. The highest BCUT2D eigenvalue weighted by molar-refractivity contribution is 5.75. The number of ether oxygens (including phenoxy) is 1. The van der Waals surface area contributed by atoms with Crippen LogP contribution in [-0.4, -0.2) is 36.1 Å². The van der Waals surface area contributed by atoms with Crippen LogP contribution in [-0.2, 0) is 9.53 Å². The number of rotatable bonds is 5. The second-order valence-corrected chi connectivity index (χ2v) is 4.44. The zero-order valence-electron chi connectivity index (χ0n) is 10.8. The van der Waals surface area contributed by atoms with E-state index in [1.165, 1.54) is 0 Å². The van der Waals surface area contributed by atoms with Crippen molar-refractivity contribution in [2.45, 2.75) is 58.0 Å². The van der Waals surface area contributed by atoms with Gasteiger partial charge < -0.3 is 4.74 Å². The van der Waals surface area contributed by atoms with Crippen LogP contribution in [0.15, 0.2) is 0 Å². The van der Waals surface area contributed by atoms with Crippen molar-refractivity contribution in [2.75, 3.05) is 13.2 Å². The number of nitrogens with zero attached hydrogens (tertiary/aromatic N) is 2. The fraction of sp³-hybridized carbons (Fsp3) is 0.846. The third-order valence-corrected chi connectivity index (χ3v) is 3.21. The first-order valence-corrected chi connectivity index (χ1v) is 6.56. The summed E-state index contributed by atoms with van der Waals surface area (Å²) in [5, 5.41) is 9.15. The first-order chi connectivity index (χ1) is 8.24. The van der Waals surface area contributed by atoms with Gasteiger partial charge in [-0.1, -0.05) is 13.3 Å². The fourth-order valence-corrected chi connectivity index (χ4v) is 2.40. The van der Waals surface area contributed by atoms with E-state index < -0.39 is 0 Å². The first-order valence-electron chi connectivity index (χ1n) is 6.56. The standard InChI is InChI=1S/C13H22N2O2/c1-3-7-12(13(16)17-4-2)15-9-6-5-8-11(15)10-14/h11-12H,3-9H2,1-2H3. The van der Waals surface area contributed by atoms with Crippen molar-refractivity contribution in [2.24, 2.45) is 0 Å². The lowest BCUT2D eigenvalue weighted by Crippen LogP contribution is -2.49. The summed E-state index contributed by atoms with van der Waals surface area (Å²) >= 11 is 0. The zero-order valence-corrected chi connectivity index (χ0v) is 10.8. The summed E-state index contributed by atoms with van der Waals surface area (Å²) < 4.78 is 5.11. The average Bonchev–Trinajstić information content (AvgIpc) is 2.36. The molecule has 0 N–H and O–H groups in total. The van der Waals surface area contributed by atoms with Crippen LogP contribution < -0.4 is 0 Å². The number of hydrogen-bond acceptors (Lipinski definition) is 4. The largest absolute Gasteiger partial charge is 0.465 e. The Morgan fingerprint density at radius 2 is 2.29 bits per heavy atom. The molecule has 17 heavy (non-hydrogen) atoms. The minimum atomic E-state index is -0.232. The van der Waals surface area contributed by atoms with Crippen LogP contribution in [0.2, 0.25) is 0 Å². The SMILES string of the molecule is CCCC(C(=O)OCC)N1CCCCC1C#N. The van der Waals surface area contributed by atoms with E-state index in [0.717, 1.165) is 38.6 Å². The quantitative estimate of drug-likeness (QED) is 0.688. The molecule has 0 aromatic carbocycles. The van der Waals surface area contributed by atoms with Crippen molar-refractivity contribution < 1.29 is 9.53 Å². The summed E-state index contributed by atoms with van der Waals surface area (Å²) in [7, 11) is 0. The Bertz CT molecular complexity index is 286. The molecule has 1 saturated heterocycles. The maximum absolute atomic E-state index is 11.9. The molecule has 0 saturated carbocycles. The molecule has 0 radical (unpaired) electrons.